The molecule has 0 amide bonds. The molecular formula is C24H37N7O3. The van der Waals surface area contributed by atoms with Crippen molar-refractivity contribution in [1.29, 1.82) is 0 Å². The molecule has 0 aromatic carbocycles. The first-order chi connectivity index (χ1) is 16.3. The quantitative estimate of drug-likeness (QED) is 0.475. The number of likely N-dealkylation sites (tertiary alicyclic amines) is 1. The highest BCUT2D eigenvalue weighted by Gasteiger charge is 2.29. The zero-order valence-electron chi connectivity index (χ0n) is 20.8. The Hall–Kier alpha value is -2.72. The minimum Gasteiger partial charge on any atom is -0.341 e. The zero-order valence-corrected chi connectivity index (χ0v) is 20.8. The van der Waals surface area contributed by atoms with Crippen molar-refractivity contribution < 1.29 is 4.79 Å². The van der Waals surface area contributed by atoms with Gasteiger partial charge in [-0.25, -0.2) is 4.79 Å². The Kier molecular flexibility index (Phi) is 7.37. The summed E-state index contributed by atoms with van der Waals surface area (Å²) in [4.78, 5) is 46.7. The first-order valence-corrected chi connectivity index (χ1v) is 12.3. The molecule has 2 aliphatic rings. The van der Waals surface area contributed by atoms with Gasteiger partial charge in [0.05, 0.1) is 0 Å². The summed E-state index contributed by atoms with van der Waals surface area (Å²) in [7, 11) is 3.16. The zero-order chi connectivity index (χ0) is 24.4. The van der Waals surface area contributed by atoms with Crippen molar-refractivity contribution in [2.75, 3.05) is 31.1 Å². The lowest BCUT2D eigenvalue weighted by atomic mass is 10.1. The Bertz CT molecular complexity index is 1180. The Morgan fingerprint density at radius 2 is 1.82 bits per heavy atom. The average molecular weight is 472 g/mol. The summed E-state index contributed by atoms with van der Waals surface area (Å²) in [5.41, 5.74) is 1.26. The van der Waals surface area contributed by atoms with Crippen LogP contribution in [0.25, 0.3) is 11.2 Å². The topological polar surface area (TPSA) is 97.4 Å². The van der Waals surface area contributed by atoms with Gasteiger partial charge < -0.3 is 14.3 Å². The summed E-state index contributed by atoms with van der Waals surface area (Å²) >= 11 is 0. The third-order valence-corrected chi connectivity index (χ3v) is 7.03. The van der Waals surface area contributed by atoms with Crippen LogP contribution < -0.4 is 21.5 Å². The number of rotatable bonds is 7. The number of aldehydes is 1. The highest BCUT2D eigenvalue weighted by Crippen LogP contribution is 2.24. The molecule has 2 aliphatic heterocycles. The smallest absolute Gasteiger partial charge is 0.332 e. The number of hydrogen-bond donors (Lipinski definition) is 1. The molecule has 34 heavy (non-hydrogen) atoms. The van der Waals surface area contributed by atoms with Gasteiger partial charge in [-0.15, -0.1) is 0 Å². The maximum absolute atomic E-state index is 13.1. The van der Waals surface area contributed by atoms with E-state index in [1.807, 2.05) is 18.4 Å². The van der Waals surface area contributed by atoms with Gasteiger partial charge in [-0.3, -0.25) is 24.1 Å². The maximum atomic E-state index is 13.1. The molecule has 2 saturated heterocycles. The van der Waals surface area contributed by atoms with Crippen LogP contribution in [0.5, 0.6) is 0 Å². The molecule has 0 spiro atoms. The number of hydrogen-bond acceptors (Lipinski definition) is 7. The molecule has 10 heteroatoms. The van der Waals surface area contributed by atoms with Crippen LogP contribution in [0.15, 0.2) is 21.2 Å². The Morgan fingerprint density at radius 1 is 1.09 bits per heavy atom. The summed E-state index contributed by atoms with van der Waals surface area (Å²) in [6.45, 7) is 7.93. The van der Waals surface area contributed by atoms with Gasteiger partial charge in [-0.1, -0.05) is 18.1 Å². The molecule has 1 N–H and O–H groups in total. The molecule has 0 radical (unpaired) electrons. The van der Waals surface area contributed by atoms with Gasteiger partial charge in [-0.2, -0.15) is 4.98 Å². The van der Waals surface area contributed by atoms with Crippen molar-refractivity contribution in [2.24, 2.45) is 14.1 Å². The third kappa shape index (κ3) is 4.74. The summed E-state index contributed by atoms with van der Waals surface area (Å²) in [6, 6.07) is 0.134. The SMILES string of the molecule is CC(C)=CCn1c(N2CCCC(NC(C=O)N3CCCCC3)C2)nc2c1c(=O)n(C)c(=O)n2C. The summed E-state index contributed by atoms with van der Waals surface area (Å²) in [5, 5.41) is 3.57. The molecule has 2 atom stereocenters. The van der Waals surface area contributed by atoms with Gasteiger partial charge in [0.25, 0.3) is 5.56 Å². The minimum atomic E-state index is -0.385. The predicted octanol–water partition coefficient (Wildman–Crippen LogP) is 0.969. The lowest BCUT2D eigenvalue weighted by Crippen LogP contribution is -2.56. The number of anilines is 1. The fraction of sp³-hybridized carbons (Fsp3) is 0.667. The van der Waals surface area contributed by atoms with E-state index in [2.05, 4.69) is 21.2 Å². The lowest BCUT2D eigenvalue weighted by molar-refractivity contribution is -0.114. The monoisotopic (exact) mass is 471 g/mol. The van der Waals surface area contributed by atoms with Crippen LogP contribution in [0, 0.1) is 0 Å². The van der Waals surface area contributed by atoms with Crippen LogP contribution in [0.1, 0.15) is 46.0 Å². The number of imidazole rings is 1. The lowest BCUT2D eigenvalue weighted by Gasteiger charge is -2.38. The number of carbonyl (C=O) groups is 1. The van der Waals surface area contributed by atoms with E-state index in [0.29, 0.717) is 30.2 Å². The second-order valence-corrected chi connectivity index (χ2v) is 9.81. The van der Waals surface area contributed by atoms with Crippen molar-refractivity contribution in [1.82, 2.24) is 28.9 Å². The first kappa shape index (κ1) is 24.4. The Balaban J connectivity index is 1.67. The molecule has 4 heterocycles. The molecule has 2 aromatic rings. The molecule has 2 unspecified atom stereocenters. The number of piperidine rings is 2. The average Bonchev–Trinajstić information content (AvgIpc) is 3.24. The highest BCUT2D eigenvalue weighted by molar-refractivity contribution is 5.74. The number of aryl methyl sites for hydroxylation is 1. The standard InChI is InChI=1S/C24H37N7O3/c1-17(2)10-14-31-20-21(27(3)24(34)28(4)22(20)33)26-23(31)30-13-8-9-18(15-30)25-19(16-32)29-11-6-5-7-12-29/h10,16,18-19,25H,5-9,11-15H2,1-4H3. The largest absolute Gasteiger partial charge is 0.341 e. The van der Waals surface area contributed by atoms with Gasteiger partial charge in [-0.05, 0) is 39.5 Å². The van der Waals surface area contributed by atoms with Crippen molar-refractivity contribution in [2.45, 2.75) is 64.7 Å². The third-order valence-electron chi connectivity index (χ3n) is 7.03. The van der Waals surface area contributed by atoms with E-state index in [4.69, 9.17) is 4.98 Å². The molecule has 0 saturated carbocycles. The van der Waals surface area contributed by atoms with Crippen LogP contribution in [0.2, 0.25) is 0 Å². The molecule has 0 bridgehead atoms. The minimum absolute atomic E-state index is 0.134. The van der Waals surface area contributed by atoms with Crippen molar-refractivity contribution >= 4 is 23.4 Å². The van der Waals surface area contributed by atoms with Crippen LogP contribution in [-0.2, 0) is 25.4 Å². The number of nitrogens with zero attached hydrogens (tertiary/aromatic N) is 6. The van der Waals surface area contributed by atoms with E-state index < -0.39 is 0 Å². The van der Waals surface area contributed by atoms with Gasteiger partial charge in [0.2, 0.25) is 5.95 Å². The van der Waals surface area contributed by atoms with E-state index >= 15 is 0 Å². The fourth-order valence-electron chi connectivity index (χ4n) is 5.09. The van der Waals surface area contributed by atoms with Crippen molar-refractivity contribution in [3.05, 3.63) is 32.5 Å². The molecule has 10 nitrogen and oxygen atoms in total. The molecular weight excluding hydrogens is 434 g/mol. The number of nitrogens with one attached hydrogen (secondary N) is 1. The van der Waals surface area contributed by atoms with Crippen LogP contribution in [0.3, 0.4) is 0 Å². The second-order valence-electron chi connectivity index (χ2n) is 9.81. The van der Waals surface area contributed by atoms with Gasteiger partial charge in [0.1, 0.15) is 6.17 Å². The molecule has 2 fully saturated rings. The van der Waals surface area contributed by atoms with Crippen LogP contribution in [0.4, 0.5) is 5.95 Å². The number of fused-ring (bicyclic) bond motifs is 1. The molecule has 2 aromatic heterocycles. The molecule has 0 aliphatic carbocycles. The predicted molar refractivity (Wildman–Crippen MR) is 133 cm³/mol. The highest BCUT2D eigenvalue weighted by atomic mass is 16.2. The number of allylic oxidation sites excluding steroid dienone is 2. The fourth-order valence-corrected chi connectivity index (χ4v) is 5.09. The number of carbonyl (C=O) groups excluding carboxylic acids is 1. The van der Waals surface area contributed by atoms with Crippen LogP contribution in [-0.4, -0.2) is 68.3 Å². The summed E-state index contributed by atoms with van der Waals surface area (Å²) in [5.74, 6) is 0.693. The van der Waals surface area contributed by atoms with Gasteiger partial charge in [0.15, 0.2) is 17.5 Å². The second kappa shape index (κ2) is 10.3. The van der Waals surface area contributed by atoms with E-state index in [9.17, 15) is 14.4 Å². The van der Waals surface area contributed by atoms with Gasteiger partial charge >= 0.3 is 5.69 Å². The van der Waals surface area contributed by atoms with Gasteiger partial charge in [0, 0.05) is 52.9 Å². The Morgan fingerprint density at radius 3 is 2.50 bits per heavy atom. The first-order valence-electron chi connectivity index (χ1n) is 12.3. The van der Waals surface area contributed by atoms with E-state index in [-0.39, 0.29) is 23.5 Å². The van der Waals surface area contributed by atoms with E-state index in [1.54, 1.807) is 7.05 Å². The maximum Gasteiger partial charge on any atom is 0.332 e. The number of aromatic nitrogens is 4. The van der Waals surface area contributed by atoms with Crippen molar-refractivity contribution in [3.8, 4) is 0 Å². The summed E-state index contributed by atoms with van der Waals surface area (Å²) in [6.07, 6.45) is 8.22. The normalized spacial score (nSPS) is 20.5. The van der Waals surface area contributed by atoms with Crippen LogP contribution >= 0.6 is 0 Å². The molecule has 4 rings (SSSR count). The van der Waals surface area contributed by atoms with E-state index in [1.165, 1.54) is 18.0 Å². The van der Waals surface area contributed by atoms with Crippen molar-refractivity contribution in [3.63, 3.8) is 0 Å². The summed E-state index contributed by atoms with van der Waals surface area (Å²) < 4.78 is 4.51. The Labute approximate surface area is 199 Å². The molecule has 186 valence electrons. The van der Waals surface area contributed by atoms with E-state index in [0.717, 1.165) is 61.7 Å².